The molecule has 0 aliphatic carbocycles. The molecule has 0 spiro atoms. The number of aromatic amines is 1. The van der Waals surface area contributed by atoms with Crippen LogP contribution in [0.25, 0.3) is 11.1 Å². The van der Waals surface area contributed by atoms with Gasteiger partial charge in [0.05, 0.1) is 0 Å². The number of aryl methyl sites for hydroxylation is 1. The number of aromatic carboxylic acids is 1. The van der Waals surface area contributed by atoms with Gasteiger partial charge in [-0.15, -0.1) is 0 Å². The van der Waals surface area contributed by atoms with Crippen molar-refractivity contribution >= 4 is 5.97 Å². The van der Waals surface area contributed by atoms with Crippen molar-refractivity contribution in [3.8, 4) is 11.1 Å². The monoisotopic (exact) mass is 215 g/mol. The zero-order valence-corrected chi connectivity index (χ0v) is 9.24. The summed E-state index contributed by atoms with van der Waals surface area (Å²) in [6.45, 7) is 3.72. The predicted octanol–water partition coefficient (Wildman–Crippen LogP) is 3.00. The first-order valence-electron chi connectivity index (χ1n) is 5.09. The molecule has 0 atom stereocenters. The maximum atomic E-state index is 11.0. The van der Waals surface area contributed by atoms with Crippen LogP contribution >= 0.6 is 0 Å². The molecule has 3 heteroatoms. The third kappa shape index (κ3) is 1.60. The number of hydrogen-bond donors (Lipinski definition) is 2. The van der Waals surface area contributed by atoms with Gasteiger partial charge in [-0.1, -0.05) is 30.3 Å². The van der Waals surface area contributed by atoms with Crippen LogP contribution in [0.4, 0.5) is 0 Å². The van der Waals surface area contributed by atoms with Crippen LogP contribution in [0.3, 0.4) is 0 Å². The van der Waals surface area contributed by atoms with E-state index in [9.17, 15) is 4.79 Å². The van der Waals surface area contributed by atoms with Gasteiger partial charge in [0.15, 0.2) is 0 Å². The first kappa shape index (κ1) is 10.5. The average molecular weight is 215 g/mol. The number of aromatic nitrogens is 1. The molecular formula is C13H13NO2. The number of nitrogens with one attached hydrogen (secondary N) is 1. The lowest BCUT2D eigenvalue weighted by Crippen LogP contribution is -1.98. The second-order valence-corrected chi connectivity index (χ2v) is 3.80. The fourth-order valence-electron chi connectivity index (χ4n) is 2.00. The molecule has 16 heavy (non-hydrogen) atoms. The topological polar surface area (TPSA) is 53.1 Å². The highest BCUT2D eigenvalue weighted by Gasteiger charge is 2.16. The second kappa shape index (κ2) is 3.85. The molecule has 0 amide bonds. The van der Waals surface area contributed by atoms with Gasteiger partial charge < -0.3 is 10.1 Å². The van der Waals surface area contributed by atoms with Crippen molar-refractivity contribution in [1.29, 1.82) is 0 Å². The van der Waals surface area contributed by atoms with Gasteiger partial charge in [-0.2, -0.15) is 0 Å². The number of H-pyrrole nitrogens is 1. The first-order valence-corrected chi connectivity index (χ1v) is 5.09. The maximum Gasteiger partial charge on any atom is 0.352 e. The molecule has 2 aromatic rings. The number of carboxylic acids is 1. The summed E-state index contributed by atoms with van der Waals surface area (Å²) in [6.07, 6.45) is 0. The predicted molar refractivity (Wildman–Crippen MR) is 62.7 cm³/mol. The van der Waals surface area contributed by atoms with Crippen molar-refractivity contribution in [1.82, 2.24) is 4.98 Å². The summed E-state index contributed by atoms with van der Waals surface area (Å²) in [7, 11) is 0. The molecule has 1 heterocycles. The summed E-state index contributed by atoms with van der Waals surface area (Å²) >= 11 is 0. The molecule has 2 rings (SSSR count). The molecule has 0 unspecified atom stereocenters. The van der Waals surface area contributed by atoms with E-state index in [1.807, 2.05) is 44.2 Å². The van der Waals surface area contributed by atoms with Crippen LogP contribution in [0.2, 0.25) is 0 Å². The molecule has 1 aromatic heterocycles. The van der Waals surface area contributed by atoms with E-state index in [4.69, 9.17) is 5.11 Å². The number of rotatable bonds is 2. The smallest absolute Gasteiger partial charge is 0.352 e. The SMILES string of the molecule is Cc1[nH]c(C(=O)O)c(C)c1-c1ccccc1. The quantitative estimate of drug-likeness (QED) is 0.809. The van der Waals surface area contributed by atoms with E-state index in [1.54, 1.807) is 0 Å². The Bertz CT molecular complexity index is 526. The van der Waals surface area contributed by atoms with E-state index in [0.29, 0.717) is 0 Å². The largest absolute Gasteiger partial charge is 0.477 e. The highest BCUT2D eigenvalue weighted by molar-refractivity contribution is 5.91. The van der Waals surface area contributed by atoms with E-state index in [0.717, 1.165) is 22.4 Å². The Morgan fingerprint density at radius 2 is 1.81 bits per heavy atom. The third-order valence-electron chi connectivity index (χ3n) is 2.71. The van der Waals surface area contributed by atoms with Gasteiger partial charge in [0.1, 0.15) is 5.69 Å². The van der Waals surface area contributed by atoms with Crippen LogP contribution in [0, 0.1) is 13.8 Å². The number of carboxylic acid groups (broad SMARTS) is 1. The maximum absolute atomic E-state index is 11.0. The Morgan fingerprint density at radius 1 is 1.19 bits per heavy atom. The van der Waals surface area contributed by atoms with E-state index in [2.05, 4.69) is 4.98 Å². The standard InChI is InChI=1S/C13H13NO2/c1-8-11(10-6-4-3-5-7-10)9(2)14-12(8)13(15)16/h3-7,14H,1-2H3,(H,15,16). The molecule has 82 valence electrons. The molecule has 2 N–H and O–H groups in total. The van der Waals surface area contributed by atoms with Gasteiger partial charge in [-0.05, 0) is 25.0 Å². The Hall–Kier alpha value is -2.03. The summed E-state index contributed by atoms with van der Waals surface area (Å²) < 4.78 is 0. The lowest BCUT2D eigenvalue weighted by atomic mass is 10.0. The Kier molecular flexibility index (Phi) is 2.52. The first-order chi connectivity index (χ1) is 7.61. The Balaban J connectivity index is 2.63. The molecular weight excluding hydrogens is 202 g/mol. The van der Waals surface area contributed by atoms with E-state index in [-0.39, 0.29) is 5.69 Å². The lowest BCUT2D eigenvalue weighted by molar-refractivity contribution is 0.0690. The summed E-state index contributed by atoms with van der Waals surface area (Å²) in [5.74, 6) is -0.914. The fourth-order valence-corrected chi connectivity index (χ4v) is 2.00. The summed E-state index contributed by atoms with van der Waals surface area (Å²) in [4.78, 5) is 13.9. The van der Waals surface area contributed by atoms with Crippen LogP contribution in [0.5, 0.6) is 0 Å². The molecule has 3 nitrogen and oxygen atoms in total. The zero-order chi connectivity index (χ0) is 11.7. The number of hydrogen-bond acceptors (Lipinski definition) is 1. The van der Waals surface area contributed by atoms with Crippen LogP contribution in [-0.2, 0) is 0 Å². The molecule has 0 aliphatic heterocycles. The van der Waals surface area contributed by atoms with E-state index < -0.39 is 5.97 Å². The Labute approximate surface area is 93.7 Å². The van der Waals surface area contributed by atoms with Crippen LogP contribution in [0.1, 0.15) is 21.7 Å². The minimum atomic E-state index is -0.914. The average Bonchev–Trinajstić information content (AvgIpc) is 2.56. The fraction of sp³-hybridized carbons (Fsp3) is 0.154. The number of benzene rings is 1. The van der Waals surface area contributed by atoms with Gasteiger partial charge in [0, 0.05) is 11.3 Å². The van der Waals surface area contributed by atoms with Crippen molar-refractivity contribution in [3.63, 3.8) is 0 Å². The Morgan fingerprint density at radius 3 is 2.31 bits per heavy atom. The molecule has 0 aliphatic rings. The van der Waals surface area contributed by atoms with Crippen LogP contribution in [-0.4, -0.2) is 16.1 Å². The van der Waals surface area contributed by atoms with Crippen molar-refractivity contribution in [2.45, 2.75) is 13.8 Å². The molecule has 0 fully saturated rings. The lowest BCUT2D eigenvalue weighted by Gasteiger charge is -2.01. The van der Waals surface area contributed by atoms with Gasteiger partial charge in [0.2, 0.25) is 0 Å². The minimum Gasteiger partial charge on any atom is -0.477 e. The molecule has 1 aromatic carbocycles. The molecule has 0 radical (unpaired) electrons. The van der Waals surface area contributed by atoms with Gasteiger partial charge in [-0.3, -0.25) is 0 Å². The zero-order valence-electron chi connectivity index (χ0n) is 9.24. The van der Waals surface area contributed by atoms with Crippen molar-refractivity contribution in [3.05, 3.63) is 47.3 Å². The highest BCUT2D eigenvalue weighted by Crippen LogP contribution is 2.29. The summed E-state index contributed by atoms with van der Waals surface area (Å²) in [5, 5.41) is 9.02. The summed E-state index contributed by atoms with van der Waals surface area (Å²) in [6, 6.07) is 9.80. The van der Waals surface area contributed by atoms with Gasteiger partial charge in [0.25, 0.3) is 0 Å². The second-order valence-electron chi connectivity index (χ2n) is 3.80. The molecule has 0 bridgehead atoms. The molecule has 0 saturated carbocycles. The third-order valence-corrected chi connectivity index (χ3v) is 2.71. The van der Waals surface area contributed by atoms with Crippen LogP contribution in [0.15, 0.2) is 30.3 Å². The van der Waals surface area contributed by atoms with Crippen molar-refractivity contribution in [2.75, 3.05) is 0 Å². The van der Waals surface area contributed by atoms with Crippen molar-refractivity contribution < 1.29 is 9.90 Å². The van der Waals surface area contributed by atoms with E-state index in [1.165, 1.54) is 0 Å². The molecule has 0 saturated heterocycles. The normalized spacial score (nSPS) is 10.4. The van der Waals surface area contributed by atoms with Crippen LogP contribution < -0.4 is 0 Å². The van der Waals surface area contributed by atoms with Gasteiger partial charge in [-0.25, -0.2) is 4.79 Å². The van der Waals surface area contributed by atoms with Gasteiger partial charge >= 0.3 is 5.97 Å². The summed E-state index contributed by atoms with van der Waals surface area (Å²) in [5.41, 5.74) is 3.98. The minimum absolute atomic E-state index is 0.274. The van der Waals surface area contributed by atoms with E-state index >= 15 is 0 Å². The van der Waals surface area contributed by atoms with Crippen molar-refractivity contribution in [2.24, 2.45) is 0 Å². The number of carbonyl (C=O) groups is 1. The highest BCUT2D eigenvalue weighted by atomic mass is 16.4.